The third kappa shape index (κ3) is 4.74. The largest absolute Gasteiger partial charge is 0.294 e. The molecular weight excluding hydrogens is 469 g/mol. The molecule has 1 atom stereocenters. The van der Waals surface area contributed by atoms with Crippen LogP contribution in [0, 0.1) is 9.49 Å². The summed E-state index contributed by atoms with van der Waals surface area (Å²) in [4.78, 5) is 12.4. The highest BCUT2D eigenvalue weighted by atomic mass is 127. The molecule has 0 spiro atoms. The van der Waals surface area contributed by atoms with Crippen molar-refractivity contribution in [2.24, 2.45) is 5.92 Å². The number of Topliss-reactive ketones (excluding diaryl/α,β-unsaturated/α-hetero) is 1. The van der Waals surface area contributed by atoms with E-state index in [1.807, 2.05) is 18.2 Å². The molecule has 4 nitrogen and oxygen atoms in total. The van der Waals surface area contributed by atoms with Crippen molar-refractivity contribution in [3.05, 3.63) is 31.8 Å². The van der Waals surface area contributed by atoms with Gasteiger partial charge in [0, 0.05) is 33.1 Å². The maximum atomic E-state index is 12.4. The summed E-state index contributed by atoms with van der Waals surface area (Å²) in [5.41, 5.74) is 0.679. The summed E-state index contributed by atoms with van der Waals surface area (Å²) < 4.78 is 26.5. The van der Waals surface area contributed by atoms with Gasteiger partial charge in [0.25, 0.3) is 0 Å². The molecule has 2 rings (SSSR count). The van der Waals surface area contributed by atoms with Crippen molar-refractivity contribution < 1.29 is 13.2 Å². The maximum absolute atomic E-state index is 12.4. The summed E-state index contributed by atoms with van der Waals surface area (Å²) in [6, 6.07) is 5.68. The van der Waals surface area contributed by atoms with E-state index < -0.39 is 10.0 Å². The number of hydrogen-bond donors (Lipinski definition) is 0. The van der Waals surface area contributed by atoms with Crippen LogP contribution in [0.25, 0.3) is 0 Å². The van der Waals surface area contributed by atoms with E-state index in [9.17, 15) is 13.2 Å². The molecule has 7 heteroatoms. The number of halogens is 2. The molecular formula is C14H17BrINO3S. The van der Waals surface area contributed by atoms with Crippen LogP contribution in [0.4, 0.5) is 0 Å². The van der Waals surface area contributed by atoms with Gasteiger partial charge in [-0.2, -0.15) is 0 Å². The van der Waals surface area contributed by atoms with E-state index in [1.165, 1.54) is 10.6 Å². The normalized spacial score (nSPS) is 20.4. The van der Waals surface area contributed by atoms with E-state index in [-0.39, 0.29) is 11.7 Å². The molecule has 1 heterocycles. The minimum Gasteiger partial charge on any atom is -0.294 e. The maximum Gasteiger partial charge on any atom is 0.211 e. The van der Waals surface area contributed by atoms with Crippen LogP contribution in [-0.2, 0) is 10.0 Å². The van der Waals surface area contributed by atoms with Crippen LogP contribution in [-0.4, -0.2) is 37.9 Å². The molecule has 1 unspecified atom stereocenters. The first-order chi connectivity index (χ1) is 9.77. The van der Waals surface area contributed by atoms with Gasteiger partial charge in [-0.15, -0.1) is 0 Å². The second-order valence-corrected chi connectivity index (χ2v) is 9.46. The fourth-order valence-electron chi connectivity index (χ4n) is 2.58. The Morgan fingerprint density at radius 3 is 2.86 bits per heavy atom. The molecule has 0 amide bonds. The van der Waals surface area contributed by atoms with Crippen LogP contribution < -0.4 is 0 Å². The topological polar surface area (TPSA) is 54.5 Å². The lowest BCUT2D eigenvalue weighted by atomic mass is 9.92. The Hall–Kier alpha value is 0.01000. The average Bonchev–Trinajstić information content (AvgIpc) is 2.41. The van der Waals surface area contributed by atoms with Crippen LogP contribution >= 0.6 is 38.5 Å². The van der Waals surface area contributed by atoms with Gasteiger partial charge in [0.15, 0.2) is 5.78 Å². The lowest BCUT2D eigenvalue weighted by molar-refractivity contribution is 0.0941. The summed E-state index contributed by atoms with van der Waals surface area (Å²) in [6.45, 7) is 1.02. The highest BCUT2D eigenvalue weighted by molar-refractivity contribution is 14.1. The molecule has 1 fully saturated rings. The van der Waals surface area contributed by atoms with Gasteiger partial charge in [0.1, 0.15) is 0 Å². The van der Waals surface area contributed by atoms with Crippen molar-refractivity contribution in [2.75, 3.05) is 19.3 Å². The third-order valence-corrected chi connectivity index (χ3v) is 6.29. The molecule has 1 aliphatic heterocycles. The quantitative estimate of drug-likeness (QED) is 0.485. The summed E-state index contributed by atoms with van der Waals surface area (Å²) in [6.07, 6.45) is 3.34. The second kappa shape index (κ2) is 7.06. The average molecular weight is 486 g/mol. The van der Waals surface area contributed by atoms with E-state index in [0.29, 0.717) is 25.1 Å². The first-order valence-corrected chi connectivity index (χ1v) is 10.4. The standard InChI is InChI=1S/C14H17BrINO3S/c1-21(19,20)17-6-2-3-10(9-17)7-14(18)12-8-11(16)4-5-13(12)15/h4-5,8,10H,2-3,6-7,9H2,1H3. The van der Waals surface area contributed by atoms with Gasteiger partial charge in [0.2, 0.25) is 10.0 Å². The molecule has 0 saturated carbocycles. The zero-order chi connectivity index (χ0) is 15.6. The first-order valence-electron chi connectivity index (χ1n) is 6.71. The van der Waals surface area contributed by atoms with Crippen molar-refractivity contribution in [3.8, 4) is 0 Å². The molecule has 1 aromatic rings. The molecule has 0 bridgehead atoms. The van der Waals surface area contributed by atoms with Crippen molar-refractivity contribution >= 4 is 54.3 Å². The highest BCUT2D eigenvalue weighted by Crippen LogP contribution is 2.26. The van der Waals surface area contributed by atoms with Crippen molar-refractivity contribution in [3.63, 3.8) is 0 Å². The number of carbonyl (C=O) groups excluding carboxylic acids is 1. The van der Waals surface area contributed by atoms with Crippen molar-refractivity contribution in [2.45, 2.75) is 19.3 Å². The first kappa shape index (κ1) is 17.4. The van der Waals surface area contributed by atoms with Crippen LogP contribution in [0.5, 0.6) is 0 Å². The Bertz CT molecular complexity index is 648. The molecule has 0 radical (unpaired) electrons. The van der Waals surface area contributed by atoms with E-state index in [1.54, 1.807) is 0 Å². The van der Waals surface area contributed by atoms with E-state index in [2.05, 4.69) is 38.5 Å². The second-order valence-electron chi connectivity index (χ2n) is 5.38. The predicted octanol–water partition coefficient (Wildman–Crippen LogP) is 3.30. The minimum absolute atomic E-state index is 0.0701. The van der Waals surface area contributed by atoms with Crippen LogP contribution in [0.1, 0.15) is 29.6 Å². The molecule has 0 N–H and O–H groups in total. The molecule has 0 aromatic heterocycles. The highest BCUT2D eigenvalue weighted by Gasteiger charge is 2.27. The molecule has 0 aliphatic carbocycles. The van der Waals surface area contributed by atoms with Gasteiger partial charge in [0.05, 0.1) is 6.26 Å². The Morgan fingerprint density at radius 1 is 1.48 bits per heavy atom. The fourth-order valence-corrected chi connectivity index (χ4v) is 4.48. The van der Waals surface area contributed by atoms with Gasteiger partial charge in [-0.05, 0) is 59.5 Å². The van der Waals surface area contributed by atoms with Crippen molar-refractivity contribution in [1.29, 1.82) is 0 Å². The Morgan fingerprint density at radius 2 is 2.19 bits per heavy atom. The number of sulfonamides is 1. The van der Waals surface area contributed by atoms with Crippen LogP contribution in [0.2, 0.25) is 0 Å². The molecule has 21 heavy (non-hydrogen) atoms. The Labute approximate surface area is 147 Å². The van der Waals surface area contributed by atoms with Gasteiger partial charge in [-0.3, -0.25) is 4.79 Å². The number of hydrogen-bond acceptors (Lipinski definition) is 3. The van der Waals surface area contributed by atoms with E-state index >= 15 is 0 Å². The van der Waals surface area contributed by atoms with E-state index in [4.69, 9.17) is 0 Å². The zero-order valence-corrected chi connectivity index (χ0v) is 16.2. The monoisotopic (exact) mass is 485 g/mol. The van der Waals surface area contributed by atoms with Gasteiger partial charge >= 0.3 is 0 Å². The zero-order valence-electron chi connectivity index (χ0n) is 11.7. The van der Waals surface area contributed by atoms with Gasteiger partial charge < -0.3 is 0 Å². The number of benzene rings is 1. The number of rotatable bonds is 4. The summed E-state index contributed by atoms with van der Waals surface area (Å²) in [5.74, 6) is 0.173. The summed E-state index contributed by atoms with van der Waals surface area (Å²) >= 11 is 5.59. The Kier molecular flexibility index (Phi) is 5.84. The molecule has 1 saturated heterocycles. The SMILES string of the molecule is CS(=O)(=O)N1CCCC(CC(=O)c2cc(I)ccc2Br)C1. The lowest BCUT2D eigenvalue weighted by Gasteiger charge is -2.30. The summed E-state index contributed by atoms with van der Waals surface area (Å²) in [7, 11) is -3.16. The summed E-state index contributed by atoms with van der Waals surface area (Å²) in [5, 5.41) is 0. The third-order valence-electron chi connectivity index (χ3n) is 3.65. The number of carbonyl (C=O) groups is 1. The lowest BCUT2D eigenvalue weighted by Crippen LogP contribution is -2.39. The fraction of sp³-hybridized carbons (Fsp3) is 0.500. The molecule has 116 valence electrons. The van der Waals surface area contributed by atoms with Gasteiger partial charge in [-0.1, -0.05) is 15.9 Å². The number of ketones is 1. The van der Waals surface area contributed by atoms with Crippen LogP contribution in [0.15, 0.2) is 22.7 Å². The van der Waals surface area contributed by atoms with Gasteiger partial charge in [-0.25, -0.2) is 12.7 Å². The Balaban J connectivity index is 2.07. The van der Waals surface area contributed by atoms with Crippen LogP contribution in [0.3, 0.4) is 0 Å². The smallest absolute Gasteiger partial charge is 0.211 e. The minimum atomic E-state index is -3.16. The predicted molar refractivity (Wildman–Crippen MR) is 94.9 cm³/mol. The van der Waals surface area contributed by atoms with E-state index in [0.717, 1.165) is 20.9 Å². The number of nitrogens with zero attached hydrogens (tertiary/aromatic N) is 1. The molecule has 1 aromatic carbocycles. The van der Waals surface area contributed by atoms with Crippen molar-refractivity contribution in [1.82, 2.24) is 4.31 Å². The number of piperidine rings is 1. The molecule has 1 aliphatic rings.